The van der Waals surface area contributed by atoms with Gasteiger partial charge in [0.05, 0.1) is 6.10 Å². The van der Waals surface area contributed by atoms with E-state index in [1.54, 1.807) is 0 Å². The van der Waals surface area contributed by atoms with Crippen molar-refractivity contribution in [2.45, 2.75) is 90.6 Å². The molecule has 0 aliphatic heterocycles. The van der Waals surface area contributed by atoms with Gasteiger partial charge in [0.1, 0.15) is 0 Å². The lowest BCUT2D eigenvalue weighted by atomic mass is 9.46. The van der Waals surface area contributed by atoms with Crippen molar-refractivity contribution in [2.75, 3.05) is 0 Å². The van der Waals surface area contributed by atoms with E-state index in [4.69, 9.17) is 5.11 Å². The maximum Gasteiger partial charge on any atom is 0.303 e. The van der Waals surface area contributed by atoms with Gasteiger partial charge in [-0.05, 0) is 116 Å². The Morgan fingerprint density at radius 1 is 1.04 bits per heavy atom. The molecule has 2 N–H and O–H groups in total. The molecule has 152 valence electrons. The Balaban J connectivity index is 1.34. The van der Waals surface area contributed by atoms with Crippen LogP contribution in [0.25, 0.3) is 0 Å². The first kappa shape index (κ1) is 18.5. The van der Waals surface area contributed by atoms with Crippen LogP contribution in [0.5, 0.6) is 0 Å². The van der Waals surface area contributed by atoms with Crippen molar-refractivity contribution in [1.82, 2.24) is 0 Å². The third kappa shape index (κ3) is 2.52. The quantitative estimate of drug-likeness (QED) is 0.718. The first-order valence-electron chi connectivity index (χ1n) is 11.8. The monoisotopic (exact) mass is 374 g/mol. The van der Waals surface area contributed by atoms with E-state index in [-0.39, 0.29) is 6.10 Å². The molecule has 0 aromatic carbocycles. The lowest BCUT2D eigenvalue weighted by molar-refractivity contribution is -0.137. The molecule has 0 radical (unpaired) electrons. The van der Waals surface area contributed by atoms with Crippen LogP contribution in [0, 0.1) is 52.3 Å². The summed E-state index contributed by atoms with van der Waals surface area (Å²) in [4.78, 5) is 11.0. The molecule has 0 heterocycles. The molecule has 0 aromatic rings. The smallest absolute Gasteiger partial charge is 0.303 e. The number of hydrogen-bond donors (Lipinski definition) is 2. The van der Waals surface area contributed by atoms with Crippen molar-refractivity contribution in [3.05, 3.63) is 0 Å². The maximum atomic E-state index is 11.0. The number of carbonyl (C=O) groups is 1. The molecule has 5 aliphatic rings. The van der Waals surface area contributed by atoms with Crippen LogP contribution in [-0.4, -0.2) is 22.3 Å². The summed E-state index contributed by atoms with van der Waals surface area (Å²) in [6.07, 6.45) is 12.9. The van der Waals surface area contributed by atoms with Gasteiger partial charge in [-0.2, -0.15) is 0 Å². The fraction of sp³-hybridized carbons (Fsp3) is 0.958. The zero-order valence-electron chi connectivity index (χ0n) is 17.2. The van der Waals surface area contributed by atoms with Crippen LogP contribution >= 0.6 is 0 Å². The van der Waals surface area contributed by atoms with Gasteiger partial charge < -0.3 is 10.2 Å². The second-order valence-electron chi connectivity index (χ2n) is 11.4. The zero-order chi connectivity index (χ0) is 19.0. The summed E-state index contributed by atoms with van der Waals surface area (Å²) >= 11 is 0. The van der Waals surface area contributed by atoms with Crippen molar-refractivity contribution in [2.24, 2.45) is 52.3 Å². The summed E-state index contributed by atoms with van der Waals surface area (Å²) < 4.78 is 0. The lowest BCUT2D eigenvalue weighted by Crippen LogP contribution is -2.52. The molecule has 1 spiro atoms. The molecule has 27 heavy (non-hydrogen) atoms. The fourth-order valence-electron chi connectivity index (χ4n) is 9.63. The van der Waals surface area contributed by atoms with Gasteiger partial charge in [-0.3, -0.25) is 4.79 Å². The van der Waals surface area contributed by atoms with Gasteiger partial charge in [-0.25, -0.2) is 0 Å². The highest BCUT2D eigenvalue weighted by molar-refractivity contribution is 5.66. The van der Waals surface area contributed by atoms with Crippen molar-refractivity contribution in [1.29, 1.82) is 0 Å². The second-order valence-corrected chi connectivity index (χ2v) is 11.4. The van der Waals surface area contributed by atoms with Crippen molar-refractivity contribution >= 4 is 5.97 Å². The average Bonchev–Trinajstić information content (AvgIpc) is 3.09. The minimum atomic E-state index is -0.629. The van der Waals surface area contributed by atoms with Crippen molar-refractivity contribution in [3.8, 4) is 0 Å². The largest absolute Gasteiger partial charge is 0.481 e. The Morgan fingerprint density at radius 2 is 1.81 bits per heavy atom. The fourth-order valence-corrected chi connectivity index (χ4v) is 9.63. The molecular weight excluding hydrogens is 336 g/mol. The van der Waals surface area contributed by atoms with E-state index in [0.29, 0.717) is 23.2 Å². The van der Waals surface area contributed by atoms with Crippen LogP contribution in [0.3, 0.4) is 0 Å². The third-order valence-corrected chi connectivity index (χ3v) is 10.7. The predicted molar refractivity (Wildman–Crippen MR) is 105 cm³/mol. The summed E-state index contributed by atoms with van der Waals surface area (Å²) in [5, 5.41) is 19.3. The molecule has 5 fully saturated rings. The Labute approximate surface area is 164 Å². The number of fused-ring (bicyclic) bond motifs is 4. The van der Waals surface area contributed by atoms with Gasteiger partial charge in [-0.15, -0.1) is 0 Å². The highest BCUT2D eigenvalue weighted by Gasteiger charge is 2.74. The van der Waals surface area contributed by atoms with Crippen molar-refractivity contribution in [3.63, 3.8) is 0 Å². The van der Waals surface area contributed by atoms with E-state index in [2.05, 4.69) is 13.8 Å². The van der Waals surface area contributed by atoms with Gasteiger partial charge in [0.25, 0.3) is 0 Å². The molecule has 10 atom stereocenters. The van der Waals surface area contributed by atoms with E-state index >= 15 is 0 Å². The van der Waals surface area contributed by atoms with Crippen LogP contribution < -0.4 is 0 Å². The minimum absolute atomic E-state index is 0.0479. The molecule has 3 nitrogen and oxygen atoms in total. The predicted octanol–water partition coefficient (Wildman–Crippen LogP) is 5.12. The van der Waals surface area contributed by atoms with E-state index in [9.17, 15) is 9.90 Å². The summed E-state index contributed by atoms with van der Waals surface area (Å²) in [5.74, 6) is 5.14. The number of hydrogen-bond acceptors (Lipinski definition) is 2. The lowest BCUT2D eigenvalue weighted by Gasteiger charge is -2.59. The van der Waals surface area contributed by atoms with Gasteiger partial charge in [0, 0.05) is 6.42 Å². The topological polar surface area (TPSA) is 57.5 Å². The standard InChI is InChI=1S/C24H38O3/c1-14(3-8-21(26)27)22-20-7-6-19-17-5-4-15-13-16(25)9-11-23(15,2)18(17)10-12-24(19,20)22/h14-20,22,25H,3-13H2,1-2H3,(H,26,27). The summed E-state index contributed by atoms with van der Waals surface area (Å²) in [7, 11) is 0. The highest BCUT2D eigenvalue weighted by atomic mass is 16.4. The third-order valence-electron chi connectivity index (χ3n) is 10.7. The molecule has 10 unspecified atom stereocenters. The minimum Gasteiger partial charge on any atom is -0.481 e. The van der Waals surface area contributed by atoms with Crippen molar-refractivity contribution < 1.29 is 15.0 Å². The molecule has 5 saturated carbocycles. The number of aliphatic hydroxyl groups is 1. The molecule has 5 aliphatic carbocycles. The van der Waals surface area contributed by atoms with Gasteiger partial charge in [0.15, 0.2) is 0 Å². The number of rotatable bonds is 4. The van der Waals surface area contributed by atoms with Crippen LogP contribution in [0.4, 0.5) is 0 Å². The normalized spacial score (nSPS) is 54.3. The number of aliphatic carboxylic acids is 1. The Bertz CT molecular complexity index is 617. The molecule has 0 amide bonds. The van der Waals surface area contributed by atoms with Gasteiger partial charge >= 0.3 is 5.97 Å². The summed E-state index contributed by atoms with van der Waals surface area (Å²) in [5.41, 5.74) is 1.07. The summed E-state index contributed by atoms with van der Waals surface area (Å²) in [6, 6.07) is 0. The van der Waals surface area contributed by atoms with Gasteiger partial charge in [-0.1, -0.05) is 13.8 Å². The summed E-state index contributed by atoms with van der Waals surface area (Å²) in [6.45, 7) is 4.91. The van der Waals surface area contributed by atoms with Crippen LogP contribution in [0.2, 0.25) is 0 Å². The first-order chi connectivity index (χ1) is 12.9. The van der Waals surface area contributed by atoms with Crippen LogP contribution in [0.15, 0.2) is 0 Å². The van der Waals surface area contributed by atoms with E-state index in [1.165, 1.54) is 44.9 Å². The molecule has 0 aromatic heterocycles. The van der Waals surface area contributed by atoms with Crippen LogP contribution in [-0.2, 0) is 4.79 Å². The Hall–Kier alpha value is -0.570. The molecule has 0 bridgehead atoms. The van der Waals surface area contributed by atoms with Gasteiger partial charge in [0.2, 0.25) is 0 Å². The Morgan fingerprint density at radius 3 is 2.59 bits per heavy atom. The Kier molecular flexibility index (Phi) is 4.25. The second kappa shape index (κ2) is 6.21. The van der Waals surface area contributed by atoms with E-state index in [1.807, 2.05) is 0 Å². The van der Waals surface area contributed by atoms with E-state index < -0.39 is 5.97 Å². The SMILES string of the molecule is CC(CCC(=O)O)C1C2CCC3C4CCC5CC(O)CCC5(C)C4CCC321. The molecule has 5 rings (SSSR count). The molecular formula is C24H38O3. The number of aliphatic hydroxyl groups excluding tert-OH is 1. The first-order valence-corrected chi connectivity index (χ1v) is 11.8. The molecule has 3 heteroatoms. The number of carboxylic acids is 1. The zero-order valence-corrected chi connectivity index (χ0v) is 17.2. The maximum absolute atomic E-state index is 11.0. The average molecular weight is 375 g/mol. The highest BCUT2D eigenvalue weighted by Crippen LogP contribution is 2.81. The van der Waals surface area contributed by atoms with Crippen LogP contribution in [0.1, 0.15) is 84.5 Å². The number of carboxylic acid groups (broad SMARTS) is 1. The van der Waals surface area contributed by atoms with E-state index in [0.717, 1.165) is 54.8 Å². The molecule has 0 saturated heterocycles.